The molecule has 1 saturated heterocycles. The molecule has 1 aliphatic rings. The van der Waals surface area contributed by atoms with Gasteiger partial charge in [-0.2, -0.15) is 5.10 Å². The van der Waals surface area contributed by atoms with Crippen LogP contribution in [0.2, 0.25) is 0 Å². The Balaban J connectivity index is 1.56. The summed E-state index contributed by atoms with van der Waals surface area (Å²) in [5.41, 5.74) is 2.17. The fraction of sp³-hybridized carbons (Fsp3) is 0.235. The van der Waals surface area contributed by atoms with Crippen LogP contribution in [0, 0.1) is 0 Å². The highest BCUT2D eigenvalue weighted by Crippen LogP contribution is 2.26. The predicted molar refractivity (Wildman–Crippen MR) is 83.3 cm³/mol. The van der Waals surface area contributed by atoms with Crippen LogP contribution in [0.1, 0.15) is 11.7 Å². The van der Waals surface area contributed by atoms with Crippen molar-refractivity contribution in [3.05, 3.63) is 60.4 Å². The van der Waals surface area contributed by atoms with Crippen LogP contribution in [-0.2, 0) is 4.74 Å². The van der Waals surface area contributed by atoms with E-state index in [9.17, 15) is 0 Å². The quantitative estimate of drug-likeness (QED) is 0.807. The van der Waals surface area contributed by atoms with Gasteiger partial charge in [0, 0.05) is 19.3 Å². The lowest BCUT2D eigenvalue weighted by molar-refractivity contribution is 0.0276. The normalized spacial score (nSPS) is 18.5. The molecule has 1 aromatic carbocycles. The Morgan fingerprint density at radius 3 is 3.09 bits per heavy atom. The van der Waals surface area contributed by atoms with E-state index in [0.717, 1.165) is 42.3 Å². The van der Waals surface area contributed by atoms with Crippen LogP contribution in [-0.4, -0.2) is 29.3 Å². The maximum Gasteiger partial charge on any atom is 0.145 e. The molecule has 0 spiro atoms. The van der Waals surface area contributed by atoms with Crippen molar-refractivity contribution in [3.8, 4) is 11.5 Å². The molecule has 3 aromatic rings. The predicted octanol–water partition coefficient (Wildman–Crippen LogP) is 2.79. The van der Waals surface area contributed by atoms with Gasteiger partial charge in [0.15, 0.2) is 0 Å². The fourth-order valence-electron chi connectivity index (χ4n) is 2.65. The van der Waals surface area contributed by atoms with Crippen LogP contribution in [0.25, 0.3) is 5.52 Å². The molecule has 1 fully saturated rings. The summed E-state index contributed by atoms with van der Waals surface area (Å²) in [7, 11) is 0. The summed E-state index contributed by atoms with van der Waals surface area (Å²) in [5.74, 6) is 1.56. The van der Waals surface area contributed by atoms with Gasteiger partial charge in [-0.25, -0.2) is 4.52 Å². The van der Waals surface area contributed by atoms with Crippen LogP contribution < -0.4 is 10.1 Å². The van der Waals surface area contributed by atoms with Crippen LogP contribution >= 0.6 is 0 Å². The lowest BCUT2D eigenvalue weighted by atomic mass is 10.1. The number of morpholine rings is 1. The molecule has 5 heteroatoms. The van der Waals surface area contributed by atoms with Crippen molar-refractivity contribution in [2.45, 2.75) is 6.10 Å². The van der Waals surface area contributed by atoms with Gasteiger partial charge in [0.25, 0.3) is 0 Å². The molecule has 2 aromatic heterocycles. The first-order valence-corrected chi connectivity index (χ1v) is 7.42. The standard InChI is InChI=1S/C17H17N3O2/c1-2-13(17-11-18-8-9-21-17)10-15(3-1)22-16-5-4-14-6-7-19-20(14)12-16/h1-7,10,12,17-18H,8-9,11H2/t17-/m0/s1. The number of pyridine rings is 1. The van der Waals surface area contributed by atoms with Crippen molar-refractivity contribution in [1.82, 2.24) is 14.9 Å². The molecule has 0 saturated carbocycles. The second kappa shape index (κ2) is 5.79. The molecule has 1 aliphatic heterocycles. The first kappa shape index (κ1) is 13.3. The highest BCUT2D eigenvalue weighted by Gasteiger charge is 2.16. The fourth-order valence-corrected chi connectivity index (χ4v) is 2.65. The van der Waals surface area contributed by atoms with E-state index < -0.39 is 0 Å². The van der Waals surface area contributed by atoms with Gasteiger partial charge in [-0.05, 0) is 35.9 Å². The number of benzene rings is 1. The van der Waals surface area contributed by atoms with E-state index >= 15 is 0 Å². The van der Waals surface area contributed by atoms with E-state index in [4.69, 9.17) is 9.47 Å². The molecule has 0 unspecified atom stereocenters. The van der Waals surface area contributed by atoms with Crippen molar-refractivity contribution >= 4 is 5.52 Å². The van der Waals surface area contributed by atoms with Crippen molar-refractivity contribution in [1.29, 1.82) is 0 Å². The summed E-state index contributed by atoms with van der Waals surface area (Å²) in [6.07, 6.45) is 3.74. The molecule has 112 valence electrons. The summed E-state index contributed by atoms with van der Waals surface area (Å²) < 4.78 is 13.5. The first-order chi connectivity index (χ1) is 10.9. The van der Waals surface area contributed by atoms with Gasteiger partial charge >= 0.3 is 0 Å². The second-order valence-electron chi connectivity index (χ2n) is 5.30. The lowest BCUT2D eigenvalue weighted by Crippen LogP contribution is -2.33. The van der Waals surface area contributed by atoms with E-state index in [1.165, 1.54) is 0 Å². The van der Waals surface area contributed by atoms with Crippen molar-refractivity contribution in [2.75, 3.05) is 19.7 Å². The van der Waals surface area contributed by atoms with E-state index in [1.807, 2.05) is 42.6 Å². The molecule has 22 heavy (non-hydrogen) atoms. The molecule has 0 aliphatic carbocycles. The molecule has 5 nitrogen and oxygen atoms in total. The lowest BCUT2D eigenvalue weighted by Gasteiger charge is -2.24. The highest BCUT2D eigenvalue weighted by atomic mass is 16.5. The minimum Gasteiger partial charge on any atom is -0.456 e. The van der Waals surface area contributed by atoms with Gasteiger partial charge in [0.05, 0.1) is 24.4 Å². The molecule has 0 amide bonds. The Bertz CT molecular complexity index is 778. The zero-order valence-corrected chi connectivity index (χ0v) is 12.1. The summed E-state index contributed by atoms with van der Waals surface area (Å²) in [6, 6.07) is 13.9. The Labute approximate surface area is 128 Å². The third kappa shape index (κ3) is 2.68. The van der Waals surface area contributed by atoms with E-state index in [1.54, 1.807) is 10.7 Å². The minimum absolute atomic E-state index is 0.0888. The number of fused-ring (bicyclic) bond motifs is 1. The third-order valence-electron chi connectivity index (χ3n) is 3.76. The topological polar surface area (TPSA) is 47.8 Å². The molecule has 1 atom stereocenters. The summed E-state index contributed by atoms with van der Waals surface area (Å²) in [6.45, 7) is 2.49. The zero-order chi connectivity index (χ0) is 14.8. The molecule has 4 rings (SSSR count). The molecule has 0 bridgehead atoms. The number of nitrogens with zero attached hydrogens (tertiary/aromatic N) is 2. The number of nitrogens with one attached hydrogen (secondary N) is 1. The van der Waals surface area contributed by atoms with Crippen molar-refractivity contribution in [3.63, 3.8) is 0 Å². The number of ether oxygens (including phenoxy) is 2. The number of rotatable bonds is 3. The van der Waals surface area contributed by atoms with Crippen molar-refractivity contribution < 1.29 is 9.47 Å². The Kier molecular flexibility index (Phi) is 3.50. The maximum absolute atomic E-state index is 5.95. The van der Waals surface area contributed by atoms with Gasteiger partial charge in [-0.1, -0.05) is 12.1 Å². The average Bonchev–Trinajstić information content (AvgIpc) is 3.04. The average molecular weight is 295 g/mol. The largest absolute Gasteiger partial charge is 0.456 e. The van der Waals surface area contributed by atoms with Crippen LogP contribution in [0.5, 0.6) is 11.5 Å². The van der Waals surface area contributed by atoms with E-state index in [2.05, 4.69) is 16.5 Å². The SMILES string of the molecule is c1cc(Oc2ccc3ccnn3c2)cc([C@@H]2CNCCO2)c1. The number of hydrogen-bond acceptors (Lipinski definition) is 4. The molecule has 3 heterocycles. The number of hydrogen-bond donors (Lipinski definition) is 1. The molecular formula is C17H17N3O2. The first-order valence-electron chi connectivity index (χ1n) is 7.42. The summed E-state index contributed by atoms with van der Waals surface area (Å²) >= 11 is 0. The van der Waals surface area contributed by atoms with E-state index in [0.29, 0.717) is 0 Å². The summed E-state index contributed by atoms with van der Waals surface area (Å²) in [5, 5.41) is 7.56. The highest BCUT2D eigenvalue weighted by molar-refractivity contribution is 5.48. The maximum atomic E-state index is 5.95. The van der Waals surface area contributed by atoms with Gasteiger partial charge in [0.1, 0.15) is 11.5 Å². The Morgan fingerprint density at radius 1 is 1.18 bits per heavy atom. The van der Waals surface area contributed by atoms with Gasteiger partial charge in [0.2, 0.25) is 0 Å². The monoisotopic (exact) mass is 295 g/mol. The van der Waals surface area contributed by atoms with Crippen molar-refractivity contribution in [2.24, 2.45) is 0 Å². The molecule has 1 N–H and O–H groups in total. The number of aromatic nitrogens is 2. The Morgan fingerprint density at radius 2 is 2.18 bits per heavy atom. The molecule has 0 radical (unpaired) electrons. The zero-order valence-electron chi connectivity index (χ0n) is 12.1. The van der Waals surface area contributed by atoms with Crippen LogP contribution in [0.3, 0.4) is 0 Å². The third-order valence-corrected chi connectivity index (χ3v) is 3.76. The van der Waals surface area contributed by atoms with Gasteiger partial charge in [-0.3, -0.25) is 0 Å². The second-order valence-corrected chi connectivity index (χ2v) is 5.30. The smallest absolute Gasteiger partial charge is 0.145 e. The van der Waals surface area contributed by atoms with Crippen LogP contribution in [0.15, 0.2) is 54.9 Å². The van der Waals surface area contributed by atoms with Crippen LogP contribution in [0.4, 0.5) is 0 Å². The minimum atomic E-state index is 0.0888. The Hall–Kier alpha value is -2.37. The molecular weight excluding hydrogens is 278 g/mol. The van der Waals surface area contributed by atoms with Gasteiger partial charge < -0.3 is 14.8 Å². The van der Waals surface area contributed by atoms with Gasteiger partial charge in [-0.15, -0.1) is 0 Å². The summed E-state index contributed by atoms with van der Waals surface area (Å²) in [4.78, 5) is 0. The van der Waals surface area contributed by atoms with E-state index in [-0.39, 0.29) is 6.10 Å².